The monoisotopic (exact) mass is 240 g/mol. The third-order valence-electron chi connectivity index (χ3n) is 3.43. The maximum atomic E-state index is 3.52. The van der Waals surface area contributed by atoms with Crippen LogP contribution in [0.25, 0.3) is 0 Å². The predicted molar refractivity (Wildman–Crippen MR) is 76.4 cm³/mol. The summed E-state index contributed by atoms with van der Waals surface area (Å²) in [6.07, 6.45) is 8.34. The van der Waals surface area contributed by atoms with Gasteiger partial charge in [0.2, 0.25) is 0 Å². The second kappa shape index (κ2) is 8.93. The quantitative estimate of drug-likeness (QED) is 0.558. The minimum absolute atomic E-state index is 0.782. The Kier molecular flexibility index (Phi) is 7.87. The Hall–Kier alpha value is -0.0800. The second-order valence-electron chi connectivity index (χ2n) is 5.93. The molecule has 1 rings (SSSR count). The van der Waals surface area contributed by atoms with Crippen LogP contribution in [0.2, 0.25) is 0 Å². The van der Waals surface area contributed by atoms with E-state index in [0.717, 1.165) is 12.0 Å². The van der Waals surface area contributed by atoms with Gasteiger partial charge in [-0.3, -0.25) is 0 Å². The molecule has 0 amide bonds. The van der Waals surface area contributed by atoms with E-state index in [1.165, 1.54) is 64.7 Å². The molecular formula is C15H32N2. The van der Waals surface area contributed by atoms with Crippen LogP contribution in [0.1, 0.15) is 59.3 Å². The van der Waals surface area contributed by atoms with E-state index < -0.39 is 0 Å². The molecule has 1 saturated carbocycles. The molecule has 17 heavy (non-hydrogen) atoms. The first-order valence-electron chi connectivity index (χ1n) is 7.68. The molecule has 0 aromatic rings. The van der Waals surface area contributed by atoms with Gasteiger partial charge in [-0.25, -0.2) is 0 Å². The Labute approximate surface area is 108 Å². The Morgan fingerprint density at radius 1 is 1.12 bits per heavy atom. The van der Waals surface area contributed by atoms with E-state index in [1.54, 1.807) is 0 Å². The van der Waals surface area contributed by atoms with Crippen LogP contribution in [0.4, 0.5) is 0 Å². The number of unbranched alkanes of at least 4 members (excludes halogenated alkanes) is 2. The van der Waals surface area contributed by atoms with Gasteiger partial charge in [0.15, 0.2) is 0 Å². The molecule has 0 heterocycles. The molecule has 0 aromatic heterocycles. The summed E-state index contributed by atoms with van der Waals surface area (Å²) in [5, 5.41) is 3.52. The zero-order valence-electron chi connectivity index (χ0n) is 12.2. The smallest absolute Gasteiger partial charge is 0.00964 e. The van der Waals surface area contributed by atoms with E-state index in [4.69, 9.17) is 0 Å². The summed E-state index contributed by atoms with van der Waals surface area (Å²) in [6, 6.07) is 0.953. The van der Waals surface area contributed by atoms with Crippen molar-refractivity contribution >= 4 is 0 Å². The molecule has 102 valence electrons. The molecule has 0 aliphatic heterocycles. The van der Waals surface area contributed by atoms with Crippen LogP contribution in [0.5, 0.6) is 0 Å². The van der Waals surface area contributed by atoms with E-state index in [1.807, 2.05) is 0 Å². The molecule has 0 spiro atoms. The van der Waals surface area contributed by atoms with Crippen LogP contribution in [0, 0.1) is 5.92 Å². The third kappa shape index (κ3) is 7.77. The molecule has 0 bridgehead atoms. The molecule has 2 nitrogen and oxygen atoms in total. The van der Waals surface area contributed by atoms with Gasteiger partial charge < -0.3 is 10.2 Å². The molecule has 2 heteroatoms. The molecule has 0 unspecified atom stereocenters. The van der Waals surface area contributed by atoms with E-state index >= 15 is 0 Å². The van der Waals surface area contributed by atoms with Gasteiger partial charge in [0, 0.05) is 6.04 Å². The molecule has 0 aromatic carbocycles. The average Bonchev–Trinajstić information content (AvgIpc) is 3.09. The van der Waals surface area contributed by atoms with Crippen molar-refractivity contribution in [2.24, 2.45) is 5.92 Å². The fourth-order valence-corrected chi connectivity index (χ4v) is 2.34. The number of hydrogen-bond acceptors (Lipinski definition) is 2. The number of nitrogens with one attached hydrogen (secondary N) is 1. The Bertz CT molecular complexity index is 176. The lowest BCUT2D eigenvalue weighted by Gasteiger charge is -2.20. The summed E-state index contributed by atoms with van der Waals surface area (Å²) >= 11 is 0. The average molecular weight is 240 g/mol. The van der Waals surface area contributed by atoms with Crippen molar-refractivity contribution in [2.75, 3.05) is 26.2 Å². The van der Waals surface area contributed by atoms with Crippen LogP contribution in [0.3, 0.4) is 0 Å². The normalized spacial score (nSPS) is 16.1. The van der Waals surface area contributed by atoms with E-state index in [9.17, 15) is 0 Å². The Balaban J connectivity index is 1.88. The van der Waals surface area contributed by atoms with Gasteiger partial charge in [0.25, 0.3) is 0 Å². The molecule has 1 N–H and O–H groups in total. The standard InChI is InChI=1S/C15H32N2/c1-4-11-17(15-8-9-15)12-7-5-6-10-16-13-14(2)3/h14-16H,4-13H2,1-3H3. The predicted octanol–water partition coefficient (Wildman–Crippen LogP) is 3.28. The summed E-state index contributed by atoms with van der Waals surface area (Å²) in [5.41, 5.74) is 0. The van der Waals surface area contributed by atoms with Crippen LogP contribution < -0.4 is 5.32 Å². The van der Waals surface area contributed by atoms with Crippen LogP contribution in [-0.2, 0) is 0 Å². The van der Waals surface area contributed by atoms with Gasteiger partial charge in [-0.1, -0.05) is 27.2 Å². The molecule has 0 atom stereocenters. The highest BCUT2D eigenvalue weighted by atomic mass is 15.2. The molecule has 1 aliphatic rings. The highest BCUT2D eigenvalue weighted by Gasteiger charge is 2.27. The largest absolute Gasteiger partial charge is 0.316 e. The molecule has 0 saturated heterocycles. The third-order valence-corrected chi connectivity index (χ3v) is 3.43. The van der Waals surface area contributed by atoms with E-state index in [0.29, 0.717) is 0 Å². The molecular weight excluding hydrogens is 208 g/mol. The molecule has 1 aliphatic carbocycles. The number of rotatable bonds is 11. The lowest BCUT2D eigenvalue weighted by Crippen LogP contribution is -2.28. The van der Waals surface area contributed by atoms with Gasteiger partial charge in [-0.2, -0.15) is 0 Å². The summed E-state index contributed by atoms with van der Waals surface area (Å²) in [6.45, 7) is 11.9. The second-order valence-corrected chi connectivity index (χ2v) is 5.93. The fourth-order valence-electron chi connectivity index (χ4n) is 2.34. The van der Waals surface area contributed by atoms with Gasteiger partial charge in [0.05, 0.1) is 0 Å². The maximum absolute atomic E-state index is 3.52. The van der Waals surface area contributed by atoms with Crippen LogP contribution in [-0.4, -0.2) is 37.1 Å². The zero-order valence-corrected chi connectivity index (χ0v) is 12.2. The van der Waals surface area contributed by atoms with Gasteiger partial charge in [0.1, 0.15) is 0 Å². The van der Waals surface area contributed by atoms with Crippen LogP contribution in [0.15, 0.2) is 0 Å². The van der Waals surface area contributed by atoms with Crippen molar-refractivity contribution < 1.29 is 0 Å². The first-order valence-corrected chi connectivity index (χ1v) is 7.68. The minimum atomic E-state index is 0.782. The lowest BCUT2D eigenvalue weighted by molar-refractivity contribution is 0.257. The number of nitrogens with zero attached hydrogens (tertiary/aromatic N) is 1. The highest BCUT2D eigenvalue weighted by Crippen LogP contribution is 2.27. The van der Waals surface area contributed by atoms with E-state index in [-0.39, 0.29) is 0 Å². The minimum Gasteiger partial charge on any atom is -0.316 e. The van der Waals surface area contributed by atoms with Gasteiger partial charge >= 0.3 is 0 Å². The summed E-state index contributed by atoms with van der Waals surface area (Å²) < 4.78 is 0. The Morgan fingerprint density at radius 2 is 1.88 bits per heavy atom. The zero-order chi connectivity index (χ0) is 12.5. The molecule has 0 radical (unpaired) electrons. The van der Waals surface area contributed by atoms with Crippen molar-refractivity contribution in [2.45, 2.75) is 65.3 Å². The van der Waals surface area contributed by atoms with Gasteiger partial charge in [-0.05, 0) is 64.2 Å². The summed E-state index contributed by atoms with van der Waals surface area (Å²) in [7, 11) is 0. The van der Waals surface area contributed by atoms with E-state index in [2.05, 4.69) is 31.0 Å². The Morgan fingerprint density at radius 3 is 2.47 bits per heavy atom. The SMILES string of the molecule is CCCN(CCCCCNCC(C)C)C1CC1. The topological polar surface area (TPSA) is 15.3 Å². The van der Waals surface area contributed by atoms with Crippen molar-refractivity contribution in [3.63, 3.8) is 0 Å². The number of hydrogen-bond donors (Lipinski definition) is 1. The first-order chi connectivity index (χ1) is 8.24. The first kappa shape index (κ1) is 15.0. The van der Waals surface area contributed by atoms with Crippen LogP contribution >= 0.6 is 0 Å². The lowest BCUT2D eigenvalue weighted by atomic mass is 10.2. The maximum Gasteiger partial charge on any atom is 0.00964 e. The van der Waals surface area contributed by atoms with Crippen molar-refractivity contribution in [1.29, 1.82) is 0 Å². The molecule has 1 fully saturated rings. The van der Waals surface area contributed by atoms with Gasteiger partial charge in [-0.15, -0.1) is 0 Å². The fraction of sp³-hybridized carbons (Fsp3) is 1.00. The summed E-state index contributed by atoms with van der Waals surface area (Å²) in [4.78, 5) is 2.71. The summed E-state index contributed by atoms with van der Waals surface area (Å²) in [5.74, 6) is 0.782. The van der Waals surface area contributed by atoms with Crippen molar-refractivity contribution in [1.82, 2.24) is 10.2 Å². The van der Waals surface area contributed by atoms with Crippen molar-refractivity contribution in [3.8, 4) is 0 Å². The highest BCUT2D eigenvalue weighted by molar-refractivity contribution is 4.84. The van der Waals surface area contributed by atoms with Crippen molar-refractivity contribution in [3.05, 3.63) is 0 Å².